The lowest BCUT2D eigenvalue weighted by atomic mass is 9.99. The lowest BCUT2D eigenvalue weighted by Crippen LogP contribution is -2.41. The molecule has 2 aromatic carbocycles. The highest BCUT2D eigenvalue weighted by Crippen LogP contribution is 2.26. The van der Waals surface area contributed by atoms with Crippen LogP contribution in [0.3, 0.4) is 0 Å². The van der Waals surface area contributed by atoms with Crippen molar-refractivity contribution in [1.82, 2.24) is 10.2 Å². The normalized spacial score (nSPS) is 17.2. The van der Waals surface area contributed by atoms with Gasteiger partial charge in [-0.3, -0.25) is 9.69 Å². The molecule has 0 saturated carbocycles. The van der Waals surface area contributed by atoms with Gasteiger partial charge < -0.3 is 5.32 Å². The maximum Gasteiger partial charge on any atom is 0.237 e. The minimum atomic E-state index is -0.000345. The van der Waals surface area contributed by atoms with Crippen LogP contribution in [0, 0.1) is 13.5 Å². The molecule has 0 bridgehead atoms. The molecule has 0 aromatic heterocycles. The largest absolute Gasteiger partial charge is 0.351 e. The molecule has 1 N–H and O–H groups in total. The second kappa shape index (κ2) is 7.50. The number of nitrogens with one attached hydrogen (secondary N) is 1. The number of likely N-dealkylation sites (N-methyl/N-ethyl adjacent to an activating group) is 1. The Morgan fingerprint density at radius 3 is 2.84 bits per heavy atom. The van der Waals surface area contributed by atoms with Gasteiger partial charge in [0.15, 0.2) is 5.69 Å². The molecule has 1 saturated heterocycles. The molecule has 0 aliphatic carbocycles. The van der Waals surface area contributed by atoms with Crippen LogP contribution in [-0.4, -0.2) is 30.4 Å². The molecule has 1 aliphatic heterocycles. The van der Waals surface area contributed by atoms with E-state index in [9.17, 15) is 4.79 Å². The Balaban J connectivity index is 1.75. The molecule has 1 amide bonds. The molecule has 25 heavy (non-hydrogen) atoms. The molecular weight excluding hydrogens is 310 g/mol. The molecule has 0 unspecified atom stereocenters. The second-order valence-electron chi connectivity index (χ2n) is 6.73. The maximum atomic E-state index is 12.4. The Bertz CT molecular complexity index is 822. The SMILES string of the molecule is [C-]#[N+]c1cccc(-c2cc(C)cc(CNC(=O)[C@H]3CCCN3C)c2)c1. The first-order valence-electron chi connectivity index (χ1n) is 8.63. The summed E-state index contributed by atoms with van der Waals surface area (Å²) in [5.74, 6) is 0.109. The van der Waals surface area contributed by atoms with Crippen molar-refractivity contribution in [3.63, 3.8) is 0 Å². The number of likely N-dealkylation sites (tertiary alicyclic amines) is 1. The van der Waals surface area contributed by atoms with Gasteiger partial charge in [-0.25, -0.2) is 4.85 Å². The average molecular weight is 333 g/mol. The summed E-state index contributed by atoms with van der Waals surface area (Å²) < 4.78 is 0. The quantitative estimate of drug-likeness (QED) is 0.861. The van der Waals surface area contributed by atoms with Crippen LogP contribution in [-0.2, 0) is 11.3 Å². The van der Waals surface area contributed by atoms with Gasteiger partial charge in [0.1, 0.15) is 0 Å². The molecule has 1 atom stereocenters. The summed E-state index contributed by atoms with van der Waals surface area (Å²) in [6, 6.07) is 13.9. The van der Waals surface area contributed by atoms with Gasteiger partial charge in [-0.2, -0.15) is 0 Å². The van der Waals surface area contributed by atoms with Crippen LogP contribution in [0.4, 0.5) is 5.69 Å². The minimum absolute atomic E-state index is 0.000345. The van der Waals surface area contributed by atoms with E-state index in [-0.39, 0.29) is 11.9 Å². The van der Waals surface area contributed by atoms with Crippen LogP contribution in [0.1, 0.15) is 24.0 Å². The van der Waals surface area contributed by atoms with E-state index in [0.29, 0.717) is 12.2 Å². The third kappa shape index (κ3) is 4.07. The number of carbonyl (C=O) groups is 1. The van der Waals surface area contributed by atoms with Crippen molar-refractivity contribution in [2.24, 2.45) is 0 Å². The molecule has 4 heteroatoms. The van der Waals surface area contributed by atoms with Crippen LogP contribution < -0.4 is 5.32 Å². The fraction of sp³-hybridized carbons (Fsp3) is 0.333. The predicted octanol–water partition coefficient (Wildman–Crippen LogP) is 3.92. The summed E-state index contributed by atoms with van der Waals surface area (Å²) in [5.41, 5.74) is 4.97. The number of hydrogen-bond donors (Lipinski definition) is 1. The van der Waals surface area contributed by atoms with Crippen molar-refractivity contribution in [2.45, 2.75) is 32.4 Å². The summed E-state index contributed by atoms with van der Waals surface area (Å²) in [6.45, 7) is 10.7. The monoisotopic (exact) mass is 333 g/mol. The first-order valence-corrected chi connectivity index (χ1v) is 8.63. The zero-order valence-corrected chi connectivity index (χ0v) is 14.7. The highest BCUT2D eigenvalue weighted by atomic mass is 16.2. The third-order valence-electron chi connectivity index (χ3n) is 4.74. The van der Waals surface area contributed by atoms with E-state index in [2.05, 4.69) is 40.2 Å². The van der Waals surface area contributed by atoms with E-state index in [4.69, 9.17) is 6.57 Å². The van der Waals surface area contributed by atoms with E-state index in [1.807, 2.05) is 31.3 Å². The highest BCUT2D eigenvalue weighted by molar-refractivity contribution is 5.82. The van der Waals surface area contributed by atoms with Gasteiger partial charge in [0, 0.05) is 6.54 Å². The van der Waals surface area contributed by atoms with Gasteiger partial charge >= 0.3 is 0 Å². The summed E-state index contributed by atoms with van der Waals surface area (Å²) in [5, 5.41) is 3.07. The molecule has 1 heterocycles. The lowest BCUT2D eigenvalue weighted by Gasteiger charge is -2.19. The lowest BCUT2D eigenvalue weighted by molar-refractivity contribution is -0.125. The smallest absolute Gasteiger partial charge is 0.237 e. The van der Waals surface area contributed by atoms with Crippen molar-refractivity contribution in [3.05, 3.63) is 65.0 Å². The third-order valence-corrected chi connectivity index (χ3v) is 4.74. The molecular formula is C21H23N3O. The van der Waals surface area contributed by atoms with Crippen molar-refractivity contribution in [2.75, 3.05) is 13.6 Å². The number of hydrogen-bond acceptors (Lipinski definition) is 2. The average Bonchev–Trinajstić information content (AvgIpc) is 3.05. The molecule has 1 aliphatic rings. The molecule has 4 nitrogen and oxygen atoms in total. The van der Waals surface area contributed by atoms with E-state index < -0.39 is 0 Å². The number of rotatable bonds is 4. The van der Waals surface area contributed by atoms with Crippen molar-refractivity contribution in [3.8, 4) is 11.1 Å². The van der Waals surface area contributed by atoms with E-state index >= 15 is 0 Å². The number of aryl methyl sites for hydroxylation is 1. The summed E-state index contributed by atoms with van der Waals surface area (Å²) in [7, 11) is 2.01. The van der Waals surface area contributed by atoms with Gasteiger partial charge in [-0.1, -0.05) is 35.9 Å². The maximum absolute atomic E-state index is 12.4. The first kappa shape index (κ1) is 17.2. The van der Waals surface area contributed by atoms with Gasteiger partial charge in [-0.05, 0) is 62.2 Å². The number of benzene rings is 2. The zero-order chi connectivity index (χ0) is 17.8. The minimum Gasteiger partial charge on any atom is -0.351 e. The Morgan fingerprint density at radius 2 is 2.12 bits per heavy atom. The first-order chi connectivity index (χ1) is 12.1. The number of nitrogens with zero attached hydrogens (tertiary/aromatic N) is 2. The zero-order valence-electron chi connectivity index (χ0n) is 14.7. The molecule has 1 fully saturated rings. The summed E-state index contributed by atoms with van der Waals surface area (Å²) in [4.78, 5) is 18.0. The molecule has 0 spiro atoms. The predicted molar refractivity (Wildman–Crippen MR) is 100 cm³/mol. The molecule has 0 radical (unpaired) electrons. The Hall–Kier alpha value is -2.64. The van der Waals surface area contributed by atoms with E-state index in [0.717, 1.165) is 41.6 Å². The van der Waals surface area contributed by atoms with Gasteiger partial charge in [0.2, 0.25) is 5.91 Å². The van der Waals surface area contributed by atoms with Crippen LogP contribution in [0.5, 0.6) is 0 Å². The van der Waals surface area contributed by atoms with Gasteiger partial charge in [0.25, 0.3) is 0 Å². The van der Waals surface area contributed by atoms with Crippen LogP contribution in [0.25, 0.3) is 16.0 Å². The number of carbonyl (C=O) groups excluding carboxylic acids is 1. The van der Waals surface area contributed by atoms with Crippen molar-refractivity contribution >= 4 is 11.6 Å². The van der Waals surface area contributed by atoms with Crippen molar-refractivity contribution in [1.29, 1.82) is 0 Å². The molecule has 2 aromatic rings. The summed E-state index contributed by atoms with van der Waals surface area (Å²) >= 11 is 0. The standard InChI is InChI=1S/C21H23N3O/c1-15-10-16(14-23-21(25)20-8-5-9-24(20)3)12-18(11-15)17-6-4-7-19(13-17)22-2/h4,6-7,10-13,20H,5,8-9,14H2,1,3H3,(H,23,25)/t20-/m1/s1. The van der Waals surface area contributed by atoms with Crippen LogP contribution in [0.15, 0.2) is 42.5 Å². The van der Waals surface area contributed by atoms with Crippen molar-refractivity contribution < 1.29 is 4.79 Å². The Labute approximate surface area is 149 Å². The second-order valence-corrected chi connectivity index (χ2v) is 6.73. The Morgan fingerprint density at radius 1 is 1.28 bits per heavy atom. The summed E-state index contributed by atoms with van der Waals surface area (Å²) in [6.07, 6.45) is 2.02. The van der Waals surface area contributed by atoms with Gasteiger partial charge in [-0.15, -0.1) is 0 Å². The van der Waals surface area contributed by atoms with Crippen LogP contribution in [0.2, 0.25) is 0 Å². The van der Waals surface area contributed by atoms with E-state index in [1.54, 1.807) is 0 Å². The van der Waals surface area contributed by atoms with E-state index in [1.165, 1.54) is 0 Å². The van der Waals surface area contributed by atoms with Crippen LogP contribution >= 0.6 is 0 Å². The molecule has 3 rings (SSSR count). The van der Waals surface area contributed by atoms with Gasteiger partial charge in [0.05, 0.1) is 12.6 Å². The fourth-order valence-electron chi connectivity index (χ4n) is 3.43. The Kier molecular flexibility index (Phi) is 5.16. The topological polar surface area (TPSA) is 36.7 Å². The number of amides is 1. The highest BCUT2D eigenvalue weighted by Gasteiger charge is 2.27. The molecule has 128 valence electrons. The fourth-order valence-corrected chi connectivity index (χ4v) is 3.43.